The molecule has 0 radical (unpaired) electrons. The highest BCUT2D eigenvalue weighted by atomic mass is 14.8. The number of para-hydroxylation sites is 1. The molecule has 0 atom stereocenters. The van der Waals surface area contributed by atoms with Crippen molar-refractivity contribution in [3.05, 3.63) is 79.0 Å². The molecule has 0 fully saturated rings. The molecule has 0 aliphatic carbocycles. The monoisotopic (exact) mass is 270 g/mol. The highest BCUT2D eigenvalue weighted by Gasteiger charge is 2.14. The first-order valence-corrected chi connectivity index (χ1v) is 7.01. The molecule has 2 aromatic heterocycles. The summed E-state index contributed by atoms with van der Waals surface area (Å²) in [5.41, 5.74) is 5.59. The second kappa shape index (κ2) is 4.91. The van der Waals surface area contributed by atoms with Gasteiger partial charge in [0.2, 0.25) is 0 Å². The first-order valence-electron chi connectivity index (χ1n) is 7.01. The van der Waals surface area contributed by atoms with E-state index in [1.807, 2.05) is 30.5 Å². The average Bonchev–Trinajstić information content (AvgIpc) is 2.96. The standard InChI is InChI=1S/C19H14N2/c1-2-8-14(9-3-1)18-15-10-4-5-11-16(15)21-19(18)17-12-6-7-13-20-17/h1-13,21H. The minimum atomic E-state index is 0.965. The van der Waals surface area contributed by atoms with Crippen molar-refractivity contribution in [1.29, 1.82) is 0 Å². The number of H-pyrrole nitrogens is 1. The molecular formula is C19H14N2. The van der Waals surface area contributed by atoms with Gasteiger partial charge in [-0.05, 0) is 23.8 Å². The lowest BCUT2D eigenvalue weighted by Gasteiger charge is -2.04. The Balaban J connectivity index is 2.07. The lowest BCUT2D eigenvalue weighted by molar-refractivity contribution is 1.29. The van der Waals surface area contributed by atoms with Gasteiger partial charge in [-0.25, -0.2) is 0 Å². The van der Waals surface area contributed by atoms with Gasteiger partial charge in [-0.2, -0.15) is 0 Å². The number of hydrogen-bond acceptors (Lipinski definition) is 1. The van der Waals surface area contributed by atoms with Crippen molar-refractivity contribution in [2.75, 3.05) is 0 Å². The Morgan fingerprint density at radius 3 is 2.29 bits per heavy atom. The smallest absolute Gasteiger partial charge is 0.0871 e. The molecule has 100 valence electrons. The lowest BCUT2D eigenvalue weighted by atomic mass is 10.0. The maximum Gasteiger partial charge on any atom is 0.0871 e. The quantitative estimate of drug-likeness (QED) is 0.551. The van der Waals surface area contributed by atoms with Crippen LogP contribution in [0.2, 0.25) is 0 Å². The second-order valence-electron chi connectivity index (χ2n) is 5.00. The molecule has 0 unspecified atom stereocenters. The van der Waals surface area contributed by atoms with Crippen molar-refractivity contribution in [1.82, 2.24) is 9.97 Å². The van der Waals surface area contributed by atoms with E-state index in [4.69, 9.17) is 0 Å². The maximum atomic E-state index is 4.50. The maximum absolute atomic E-state index is 4.50. The fourth-order valence-corrected chi connectivity index (χ4v) is 2.75. The zero-order valence-corrected chi connectivity index (χ0v) is 11.5. The minimum absolute atomic E-state index is 0.965. The SMILES string of the molecule is c1ccc(-c2c(-c3ccccn3)[nH]c3ccccc23)cc1. The van der Waals surface area contributed by atoms with Crippen LogP contribution in [0.1, 0.15) is 0 Å². The van der Waals surface area contributed by atoms with Gasteiger partial charge in [0.25, 0.3) is 0 Å². The number of aromatic nitrogens is 2. The van der Waals surface area contributed by atoms with Crippen LogP contribution in [0, 0.1) is 0 Å². The fourth-order valence-electron chi connectivity index (χ4n) is 2.75. The van der Waals surface area contributed by atoms with Gasteiger partial charge < -0.3 is 4.98 Å². The molecule has 4 aromatic rings. The Kier molecular flexibility index (Phi) is 2.79. The zero-order valence-electron chi connectivity index (χ0n) is 11.5. The lowest BCUT2D eigenvalue weighted by Crippen LogP contribution is -1.85. The van der Waals surface area contributed by atoms with Crippen molar-refractivity contribution in [2.24, 2.45) is 0 Å². The van der Waals surface area contributed by atoms with E-state index in [-0.39, 0.29) is 0 Å². The number of fused-ring (bicyclic) bond motifs is 1. The summed E-state index contributed by atoms with van der Waals surface area (Å²) in [6.45, 7) is 0. The van der Waals surface area contributed by atoms with E-state index in [9.17, 15) is 0 Å². The van der Waals surface area contributed by atoms with Gasteiger partial charge in [0.15, 0.2) is 0 Å². The molecule has 0 amide bonds. The largest absolute Gasteiger partial charge is 0.353 e. The highest BCUT2D eigenvalue weighted by molar-refractivity contribution is 6.03. The summed E-state index contributed by atoms with van der Waals surface area (Å²) in [5, 5.41) is 1.23. The summed E-state index contributed by atoms with van der Waals surface area (Å²) in [6, 6.07) is 24.8. The molecule has 1 N–H and O–H groups in total. The van der Waals surface area contributed by atoms with Gasteiger partial charge in [0.05, 0.1) is 11.4 Å². The van der Waals surface area contributed by atoms with E-state index in [0.29, 0.717) is 0 Å². The Labute approximate surface area is 123 Å². The summed E-state index contributed by atoms with van der Waals surface area (Å²) in [7, 11) is 0. The summed E-state index contributed by atoms with van der Waals surface area (Å²) >= 11 is 0. The van der Waals surface area contributed by atoms with Crippen molar-refractivity contribution in [3.63, 3.8) is 0 Å². The van der Waals surface area contributed by atoms with Crippen LogP contribution >= 0.6 is 0 Å². The number of benzene rings is 2. The summed E-state index contributed by atoms with van der Waals surface area (Å²) in [5.74, 6) is 0. The van der Waals surface area contributed by atoms with E-state index in [1.165, 1.54) is 16.5 Å². The van der Waals surface area contributed by atoms with Crippen molar-refractivity contribution < 1.29 is 0 Å². The molecule has 2 heterocycles. The van der Waals surface area contributed by atoms with Crippen LogP contribution in [0.15, 0.2) is 79.0 Å². The zero-order chi connectivity index (χ0) is 14.1. The Hall–Kier alpha value is -2.87. The summed E-state index contributed by atoms with van der Waals surface area (Å²) in [4.78, 5) is 8.02. The van der Waals surface area contributed by atoms with Gasteiger partial charge in [-0.3, -0.25) is 4.98 Å². The Morgan fingerprint density at radius 2 is 1.48 bits per heavy atom. The molecule has 2 aromatic carbocycles. The molecule has 0 aliphatic heterocycles. The van der Waals surface area contributed by atoms with Gasteiger partial charge in [0.1, 0.15) is 0 Å². The molecule has 21 heavy (non-hydrogen) atoms. The highest BCUT2D eigenvalue weighted by Crippen LogP contribution is 2.37. The van der Waals surface area contributed by atoms with E-state index >= 15 is 0 Å². The van der Waals surface area contributed by atoms with Gasteiger partial charge >= 0.3 is 0 Å². The Bertz CT molecular complexity index is 877. The number of rotatable bonds is 2. The molecule has 4 rings (SSSR count). The van der Waals surface area contributed by atoms with E-state index in [0.717, 1.165) is 16.9 Å². The number of nitrogens with zero attached hydrogens (tertiary/aromatic N) is 1. The number of nitrogens with one attached hydrogen (secondary N) is 1. The molecule has 2 heteroatoms. The van der Waals surface area contributed by atoms with E-state index in [2.05, 4.69) is 58.5 Å². The first-order chi connectivity index (χ1) is 10.4. The second-order valence-corrected chi connectivity index (χ2v) is 5.00. The predicted molar refractivity (Wildman–Crippen MR) is 87.0 cm³/mol. The first kappa shape index (κ1) is 11.9. The summed E-state index contributed by atoms with van der Waals surface area (Å²) in [6.07, 6.45) is 1.83. The van der Waals surface area contributed by atoms with Crippen LogP contribution in [0.25, 0.3) is 33.4 Å². The third-order valence-electron chi connectivity index (χ3n) is 3.69. The van der Waals surface area contributed by atoms with E-state index in [1.54, 1.807) is 0 Å². The molecule has 0 spiro atoms. The summed E-state index contributed by atoms with van der Waals surface area (Å²) < 4.78 is 0. The van der Waals surface area contributed by atoms with Crippen LogP contribution in [0.5, 0.6) is 0 Å². The van der Waals surface area contributed by atoms with Crippen LogP contribution in [0.4, 0.5) is 0 Å². The third-order valence-corrected chi connectivity index (χ3v) is 3.69. The number of pyridine rings is 1. The van der Waals surface area contributed by atoms with Crippen molar-refractivity contribution >= 4 is 10.9 Å². The fraction of sp³-hybridized carbons (Fsp3) is 0. The third kappa shape index (κ3) is 2.01. The number of hydrogen-bond donors (Lipinski definition) is 1. The van der Waals surface area contributed by atoms with Gasteiger partial charge in [-0.15, -0.1) is 0 Å². The molecule has 2 nitrogen and oxygen atoms in total. The van der Waals surface area contributed by atoms with Gasteiger partial charge in [-0.1, -0.05) is 54.6 Å². The molecule has 0 saturated heterocycles. The van der Waals surface area contributed by atoms with Crippen LogP contribution < -0.4 is 0 Å². The minimum Gasteiger partial charge on any atom is -0.353 e. The molecular weight excluding hydrogens is 256 g/mol. The van der Waals surface area contributed by atoms with Crippen molar-refractivity contribution in [2.45, 2.75) is 0 Å². The van der Waals surface area contributed by atoms with Crippen LogP contribution in [-0.2, 0) is 0 Å². The van der Waals surface area contributed by atoms with Crippen molar-refractivity contribution in [3.8, 4) is 22.5 Å². The normalized spacial score (nSPS) is 10.9. The number of aromatic amines is 1. The van der Waals surface area contributed by atoms with E-state index < -0.39 is 0 Å². The molecule has 0 bridgehead atoms. The Morgan fingerprint density at radius 1 is 0.714 bits per heavy atom. The topological polar surface area (TPSA) is 28.7 Å². The average molecular weight is 270 g/mol. The predicted octanol–water partition coefficient (Wildman–Crippen LogP) is 4.90. The van der Waals surface area contributed by atoms with Crippen LogP contribution in [0.3, 0.4) is 0 Å². The molecule has 0 aliphatic rings. The molecule has 0 saturated carbocycles. The van der Waals surface area contributed by atoms with Gasteiger partial charge in [0, 0.05) is 22.7 Å². The van der Waals surface area contributed by atoms with Crippen LogP contribution in [-0.4, -0.2) is 9.97 Å².